The smallest absolute Gasteiger partial charge is 0.409 e. The van der Waals surface area contributed by atoms with Gasteiger partial charge in [-0.2, -0.15) is 0 Å². The molecule has 326 valence electrons. The first kappa shape index (κ1) is 46.0. The number of amides is 1. The number of rotatable bonds is 9. The standard InChI is InChI=1S/C45H67N5O9/c1-43(2,3)57-39(52)28-46-18-20-47(29-40(53)58-44(4,5)6)22-24-49(25-23-48(21-19-46)30-41(54)59-45(7,8)9)37-26-50(27-38(37)51)42(55)56-31-36-34-16-12-10-14-32(34)33-15-11-13-17-35(33)36/h10-17,36-38,51H,18-31H2,1-9H3/t37-,38+/m1/s1. The zero-order chi connectivity index (χ0) is 43.1. The van der Waals surface area contributed by atoms with Crippen LogP contribution in [-0.4, -0.2) is 174 Å². The second kappa shape index (κ2) is 19.5. The van der Waals surface area contributed by atoms with Gasteiger partial charge in [-0.1, -0.05) is 48.5 Å². The average molecular weight is 822 g/mol. The van der Waals surface area contributed by atoms with Crippen molar-refractivity contribution in [2.45, 2.75) is 97.2 Å². The molecule has 2 fully saturated rings. The third kappa shape index (κ3) is 14.0. The molecule has 2 aromatic rings. The second-order valence-electron chi connectivity index (χ2n) is 19.0. The van der Waals surface area contributed by atoms with E-state index in [1.165, 1.54) is 0 Å². The third-order valence-electron chi connectivity index (χ3n) is 10.5. The van der Waals surface area contributed by atoms with E-state index in [9.17, 15) is 24.3 Å². The molecule has 2 atom stereocenters. The number of esters is 3. The van der Waals surface area contributed by atoms with Crippen LogP contribution >= 0.6 is 0 Å². The van der Waals surface area contributed by atoms with Crippen molar-refractivity contribution in [3.05, 3.63) is 59.7 Å². The van der Waals surface area contributed by atoms with Crippen LogP contribution in [0.4, 0.5) is 4.79 Å². The van der Waals surface area contributed by atoms with Gasteiger partial charge in [0.1, 0.15) is 23.4 Å². The highest BCUT2D eigenvalue weighted by atomic mass is 16.6. The van der Waals surface area contributed by atoms with Crippen molar-refractivity contribution in [2.24, 2.45) is 0 Å². The van der Waals surface area contributed by atoms with E-state index in [1.54, 1.807) is 4.90 Å². The maximum Gasteiger partial charge on any atom is 0.409 e. The van der Waals surface area contributed by atoms with Gasteiger partial charge in [-0.15, -0.1) is 0 Å². The van der Waals surface area contributed by atoms with Gasteiger partial charge in [-0.05, 0) is 84.6 Å². The molecule has 1 amide bonds. The summed E-state index contributed by atoms with van der Waals surface area (Å²) < 4.78 is 23.0. The van der Waals surface area contributed by atoms with Crippen LogP contribution in [-0.2, 0) is 33.3 Å². The Morgan fingerprint density at radius 3 is 1.34 bits per heavy atom. The minimum atomic E-state index is -0.855. The van der Waals surface area contributed by atoms with Gasteiger partial charge in [0, 0.05) is 64.8 Å². The number of likely N-dealkylation sites (tertiary alicyclic amines) is 1. The number of hydrogen-bond donors (Lipinski definition) is 1. The molecular weight excluding hydrogens is 755 g/mol. The maximum atomic E-state index is 13.7. The van der Waals surface area contributed by atoms with Crippen molar-refractivity contribution in [1.29, 1.82) is 0 Å². The number of aliphatic hydroxyl groups is 1. The topological polar surface area (TPSA) is 142 Å². The first-order valence-electron chi connectivity index (χ1n) is 21.0. The van der Waals surface area contributed by atoms with Gasteiger partial charge in [0.2, 0.25) is 0 Å². The van der Waals surface area contributed by atoms with Gasteiger partial charge < -0.3 is 29.0 Å². The van der Waals surface area contributed by atoms with Gasteiger partial charge in [-0.25, -0.2) is 4.79 Å². The molecule has 0 aromatic heterocycles. The van der Waals surface area contributed by atoms with E-state index >= 15 is 0 Å². The van der Waals surface area contributed by atoms with Crippen LogP contribution in [0.5, 0.6) is 0 Å². The maximum absolute atomic E-state index is 13.7. The molecule has 0 saturated carbocycles. The predicted molar refractivity (Wildman–Crippen MR) is 225 cm³/mol. The molecule has 2 aliphatic heterocycles. The number of nitrogens with zero attached hydrogens (tertiary/aromatic N) is 5. The number of benzene rings is 2. The largest absolute Gasteiger partial charge is 0.459 e. The minimum absolute atomic E-state index is 0.0370. The summed E-state index contributed by atoms with van der Waals surface area (Å²) in [7, 11) is 0. The van der Waals surface area contributed by atoms with Gasteiger partial charge in [0.05, 0.1) is 38.3 Å². The van der Waals surface area contributed by atoms with Gasteiger partial charge >= 0.3 is 24.0 Å². The Bertz CT molecular complexity index is 1680. The molecule has 5 rings (SSSR count). The van der Waals surface area contributed by atoms with E-state index < -0.39 is 35.0 Å². The molecule has 14 nitrogen and oxygen atoms in total. The fourth-order valence-electron chi connectivity index (χ4n) is 7.99. The van der Waals surface area contributed by atoms with E-state index in [0.29, 0.717) is 52.4 Å². The normalized spacial score (nSPS) is 20.9. The number of hydrogen-bond acceptors (Lipinski definition) is 13. The lowest BCUT2D eigenvalue weighted by Crippen LogP contribution is -2.53. The molecule has 0 bridgehead atoms. The number of carbonyl (C=O) groups is 4. The molecule has 14 heteroatoms. The fourth-order valence-corrected chi connectivity index (χ4v) is 7.99. The molecule has 0 spiro atoms. The monoisotopic (exact) mass is 821 g/mol. The number of carbonyl (C=O) groups excluding carboxylic acids is 4. The molecule has 59 heavy (non-hydrogen) atoms. The van der Waals surface area contributed by atoms with Crippen LogP contribution in [0.15, 0.2) is 48.5 Å². The van der Waals surface area contributed by atoms with Crippen molar-refractivity contribution in [2.75, 3.05) is 91.7 Å². The summed E-state index contributed by atoms with van der Waals surface area (Å²) in [6, 6.07) is 16.0. The molecule has 2 heterocycles. The van der Waals surface area contributed by atoms with Crippen molar-refractivity contribution in [1.82, 2.24) is 24.5 Å². The Hall–Kier alpha value is -4.08. The number of β-amino-alcohol motifs (C(OH)–C–C–N with tert-alkyl or cyclic N) is 1. The van der Waals surface area contributed by atoms with E-state index in [0.717, 1.165) is 22.3 Å². The number of fused-ring (bicyclic) bond motifs is 3. The summed E-state index contributed by atoms with van der Waals surface area (Å²) in [5.74, 6) is -1.16. The first-order chi connectivity index (χ1) is 27.6. The van der Waals surface area contributed by atoms with Crippen molar-refractivity contribution in [3.63, 3.8) is 0 Å². The quantitative estimate of drug-likeness (QED) is 0.285. The molecule has 1 aliphatic carbocycles. The SMILES string of the molecule is CC(C)(C)OC(=O)CN1CCN(CC(=O)OC(C)(C)C)CCN([C@@H]2CN(C(=O)OCC3c4ccccc4-c4ccccc43)C[C@@H]2O)CCN(CC(=O)OC(C)(C)C)CC1. The zero-order valence-electron chi connectivity index (χ0n) is 36.7. The lowest BCUT2D eigenvalue weighted by molar-refractivity contribution is -0.158. The van der Waals surface area contributed by atoms with E-state index in [4.69, 9.17) is 18.9 Å². The van der Waals surface area contributed by atoms with Crippen LogP contribution < -0.4 is 0 Å². The molecule has 2 saturated heterocycles. The zero-order valence-corrected chi connectivity index (χ0v) is 36.7. The molecule has 0 radical (unpaired) electrons. The van der Waals surface area contributed by atoms with Gasteiger partial charge in [0.15, 0.2) is 0 Å². The third-order valence-corrected chi connectivity index (χ3v) is 10.5. The first-order valence-corrected chi connectivity index (χ1v) is 21.0. The average Bonchev–Trinajstić information content (AvgIpc) is 3.66. The van der Waals surface area contributed by atoms with Crippen molar-refractivity contribution >= 4 is 24.0 Å². The van der Waals surface area contributed by atoms with Crippen LogP contribution in [0.3, 0.4) is 0 Å². The summed E-state index contributed by atoms with van der Waals surface area (Å²) in [5.41, 5.74) is 2.57. The predicted octanol–water partition coefficient (Wildman–Crippen LogP) is 4.23. The van der Waals surface area contributed by atoms with Crippen molar-refractivity contribution < 1.29 is 43.2 Å². The van der Waals surface area contributed by atoms with Crippen LogP contribution in [0.2, 0.25) is 0 Å². The lowest BCUT2D eigenvalue weighted by Gasteiger charge is -2.37. The van der Waals surface area contributed by atoms with Gasteiger partial charge in [-0.3, -0.25) is 34.0 Å². The van der Waals surface area contributed by atoms with Gasteiger partial charge in [0.25, 0.3) is 0 Å². The summed E-state index contributed by atoms with van der Waals surface area (Å²) in [6.07, 6.45) is -1.34. The molecule has 2 aromatic carbocycles. The number of ether oxygens (including phenoxy) is 4. The molecule has 3 aliphatic rings. The Morgan fingerprint density at radius 2 is 0.949 bits per heavy atom. The summed E-state index contributed by atoms with van der Waals surface area (Å²) in [5, 5.41) is 11.5. The molecule has 1 N–H and O–H groups in total. The second-order valence-corrected chi connectivity index (χ2v) is 19.0. The number of aliphatic hydroxyl groups excluding tert-OH is 1. The fraction of sp³-hybridized carbons (Fsp3) is 0.644. The van der Waals surface area contributed by atoms with E-state index in [2.05, 4.69) is 29.2 Å². The van der Waals surface area contributed by atoms with Crippen LogP contribution in [0.25, 0.3) is 11.1 Å². The Morgan fingerprint density at radius 1 is 0.576 bits per heavy atom. The Labute approximate surface area is 350 Å². The summed E-state index contributed by atoms with van der Waals surface area (Å²) in [6.45, 7) is 20.7. The van der Waals surface area contributed by atoms with Crippen molar-refractivity contribution in [3.8, 4) is 11.1 Å². The molecular formula is C45H67N5O9. The Balaban J connectivity index is 1.32. The van der Waals surface area contributed by atoms with Crippen LogP contribution in [0.1, 0.15) is 79.4 Å². The Kier molecular flexibility index (Phi) is 15.2. The lowest BCUT2D eigenvalue weighted by atomic mass is 9.98. The summed E-state index contributed by atoms with van der Waals surface area (Å²) >= 11 is 0. The highest BCUT2D eigenvalue weighted by molar-refractivity contribution is 5.79. The highest BCUT2D eigenvalue weighted by Crippen LogP contribution is 2.44. The van der Waals surface area contributed by atoms with E-state index in [-0.39, 0.29) is 63.2 Å². The van der Waals surface area contributed by atoms with Crippen LogP contribution in [0, 0.1) is 0 Å². The van der Waals surface area contributed by atoms with E-state index in [1.807, 2.05) is 101 Å². The highest BCUT2D eigenvalue weighted by Gasteiger charge is 2.40. The summed E-state index contributed by atoms with van der Waals surface area (Å²) in [4.78, 5) is 62.7. The molecule has 0 unspecified atom stereocenters. The minimum Gasteiger partial charge on any atom is -0.459 e.